The fourth-order valence-electron chi connectivity index (χ4n) is 2.43. The topological polar surface area (TPSA) is 89.9 Å². The predicted octanol–water partition coefficient (Wildman–Crippen LogP) is 1.23. The molecule has 0 spiro atoms. The summed E-state index contributed by atoms with van der Waals surface area (Å²) in [5.41, 5.74) is 0. The van der Waals surface area contributed by atoms with E-state index < -0.39 is 35.7 Å². The van der Waals surface area contributed by atoms with E-state index in [9.17, 15) is 14.4 Å². The van der Waals surface area contributed by atoms with Gasteiger partial charge in [-0.15, -0.1) is 0 Å². The van der Waals surface area contributed by atoms with Crippen molar-refractivity contribution in [2.24, 2.45) is 17.8 Å². The summed E-state index contributed by atoms with van der Waals surface area (Å²) >= 11 is 0. The molecule has 0 radical (unpaired) electrons. The number of carbonyl (C=O) groups excluding carboxylic acids is 2. The molecular weight excluding hydrogens is 252 g/mol. The van der Waals surface area contributed by atoms with E-state index in [1.54, 1.807) is 13.8 Å². The highest BCUT2D eigenvalue weighted by Gasteiger charge is 2.40. The van der Waals surface area contributed by atoms with Crippen LogP contribution in [0.4, 0.5) is 0 Å². The quantitative estimate of drug-likeness (QED) is 0.757. The van der Waals surface area contributed by atoms with Gasteiger partial charge in [0.05, 0.1) is 31.0 Å². The van der Waals surface area contributed by atoms with Gasteiger partial charge in [-0.05, 0) is 33.1 Å². The summed E-state index contributed by atoms with van der Waals surface area (Å²) in [7, 11) is 0. The Balaban J connectivity index is 2.75. The Bertz CT molecular complexity index is 325. The van der Waals surface area contributed by atoms with Crippen molar-refractivity contribution >= 4 is 17.9 Å². The van der Waals surface area contributed by atoms with Gasteiger partial charge in [0, 0.05) is 0 Å². The van der Waals surface area contributed by atoms with Gasteiger partial charge in [0.1, 0.15) is 0 Å². The first-order chi connectivity index (χ1) is 8.99. The monoisotopic (exact) mass is 272 g/mol. The molecule has 0 aromatic heterocycles. The van der Waals surface area contributed by atoms with E-state index in [0.29, 0.717) is 6.42 Å². The average Bonchev–Trinajstić information content (AvgIpc) is 2.38. The van der Waals surface area contributed by atoms with Gasteiger partial charge in [0.15, 0.2) is 0 Å². The van der Waals surface area contributed by atoms with Gasteiger partial charge < -0.3 is 14.6 Å². The first-order valence-corrected chi connectivity index (χ1v) is 6.55. The molecule has 0 aromatic carbocycles. The maximum Gasteiger partial charge on any atom is 0.308 e. The van der Waals surface area contributed by atoms with Gasteiger partial charge in [0.2, 0.25) is 0 Å². The van der Waals surface area contributed by atoms with E-state index in [1.807, 2.05) is 0 Å². The zero-order valence-corrected chi connectivity index (χ0v) is 11.3. The van der Waals surface area contributed by atoms with Gasteiger partial charge in [-0.2, -0.15) is 0 Å². The van der Waals surface area contributed by atoms with Crippen molar-refractivity contribution in [3.8, 4) is 0 Å². The minimum absolute atomic E-state index is 0.226. The lowest BCUT2D eigenvalue weighted by atomic mass is 9.75. The number of rotatable bonds is 5. The third-order valence-corrected chi connectivity index (χ3v) is 3.30. The highest BCUT2D eigenvalue weighted by atomic mass is 16.5. The molecule has 6 heteroatoms. The number of esters is 2. The van der Waals surface area contributed by atoms with E-state index in [2.05, 4.69) is 0 Å². The van der Waals surface area contributed by atoms with Gasteiger partial charge in [-0.3, -0.25) is 14.4 Å². The molecule has 1 rings (SSSR count). The third-order valence-electron chi connectivity index (χ3n) is 3.30. The second-order valence-electron chi connectivity index (χ2n) is 4.64. The molecule has 19 heavy (non-hydrogen) atoms. The molecule has 0 aromatic rings. The van der Waals surface area contributed by atoms with Crippen LogP contribution in [0.3, 0.4) is 0 Å². The van der Waals surface area contributed by atoms with Crippen molar-refractivity contribution in [2.45, 2.75) is 33.1 Å². The zero-order chi connectivity index (χ0) is 14.4. The minimum Gasteiger partial charge on any atom is -0.481 e. The van der Waals surface area contributed by atoms with Crippen LogP contribution in [0.5, 0.6) is 0 Å². The highest BCUT2D eigenvalue weighted by molar-refractivity contribution is 5.79. The van der Waals surface area contributed by atoms with Gasteiger partial charge in [0.25, 0.3) is 0 Å². The van der Waals surface area contributed by atoms with Crippen LogP contribution in [0.25, 0.3) is 0 Å². The lowest BCUT2D eigenvalue weighted by Crippen LogP contribution is -2.36. The first kappa shape index (κ1) is 15.5. The average molecular weight is 272 g/mol. The SMILES string of the molecule is CCOC(=O)C1CC(C(=O)O)CC(C(=O)OCC)C1. The highest BCUT2D eigenvalue weighted by Crippen LogP contribution is 2.35. The molecule has 1 saturated carbocycles. The molecule has 6 nitrogen and oxygen atoms in total. The van der Waals surface area contributed by atoms with Crippen LogP contribution in [0, 0.1) is 17.8 Å². The molecule has 2 atom stereocenters. The fraction of sp³-hybridized carbons (Fsp3) is 0.769. The molecule has 108 valence electrons. The van der Waals surface area contributed by atoms with E-state index in [0.717, 1.165) is 0 Å². The minimum atomic E-state index is -0.983. The molecule has 1 fully saturated rings. The summed E-state index contributed by atoms with van der Waals surface area (Å²) in [5.74, 6) is -3.61. The lowest BCUT2D eigenvalue weighted by molar-refractivity contribution is -0.158. The van der Waals surface area contributed by atoms with Crippen molar-refractivity contribution in [3.63, 3.8) is 0 Å². The van der Waals surface area contributed by atoms with Crippen molar-refractivity contribution < 1.29 is 29.0 Å². The standard InChI is InChI=1S/C13H20O6/c1-3-18-12(16)9-5-8(11(14)15)6-10(7-9)13(17)19-4-2/h8-10H,3-7H2,1-2H3,(H,14,15). The second-order valence-corrected chi connectivity index (χ2v) is 4.64. The van der Waals surface area contributed by atoms with E-state index >= 15 is 0 Å². The summed E-state index contributed by atoms with van der Waals surface area (Å²) in [4.78, 5) is 34.6. The third kappa shape index (κ3) is 4.22. The number of hydrogen-bond acceptors (Lipinski definition) is 5. The fourth-order valence-corrected chi connectivity index (χ4v) is 2.43. The molecular formula is C13H20O6. The molecule has 0 amide bonds. The number of carbonyl (C=O) groups is 3. The van der Waals surface area contributed by atoms with Crippen molar-refractivity contribution in [1.82, 2.24) is 0 Å². The molecule has 0 saturated heterocycles. The largest absolute Gasteiger partial charge is 0.481 e. The van der Waals surface area contributed by atoms with Gasteiger partial charge in [-0.25, -0.2) is 0 Å². The summed E-state index contributed by atoms with van der Waals surface area (Å²) in [5, 5.41) is 9.09. The van der Waals surface area contributed by atoms with Crippen LogP contribution in [0.2, 0.25) is 0 Å². The van der Waals surface area contributed by atoms with Crippen LogP contribution < -0.4 is 0 Å². The normalized spacial score (nSPS) is 26.5. The van der Waals surface area contributed by atoms with Crippen molar-refractivity contribution in [3.05, 3.63) is 0 Å². The number of aliphatic carboxylic acids is 1. The molecule has 1 aliphatic rings. The number of carboxylic acid groups (broad SMARTS) is 1. The van der Waals surface area contributed by atoms with Crippen LogP contribution in [-0.4, -0.2) is 36.2 Å². The summed E-state index contributed by atoms with van der Waals surface area (Å²) in [6.45, 7) is 3.88. The van der Waals surface area contributed by atoms with Crippen molar-refractivity contribution in [1.29, 1.82) is 0 Å². The maximum atomic E-state index is 11.7. The molecule has 0 aliphatic heterocycles. The van der Waals surface area contributed by atoms with Gasteiger partial charge in [-0.1, -0.05) is 0 Å². The van der Waals surface area contributed by atoms with E-state index in [-0.39, 0.29) is 26.1 Å². The number of carboxylic acids is 1. The summed E-state index contributed by atoms with van der Waals surface area (Å²) in [6, 6.07) is 0. The first-order valence-electron chi connectivity index (χ1n) is 6.55. The second kappa shape index (κ2) is 7.11. The Morgan fingerprint density at radius 1 is 0.895 bits per heavy atom. The number of ether oxygens (including phenoxy) is 2. The van der Waals surface area contributed by atoms with Gasteiger partial charge >= 0.3 is 17.9 Å². The van der Waals surface area contributed by atoms with Crippen LogP contribution in [-0.2, 0) is 23.9 Å². The Hall–Kier alpha value is -1.59. The Kier molecular flexibility index (Phi) is 5.79. The van der Waals surface area contributed by atoms with Crippen LogP contribution in [0.15, 0.2) is 0 Å². The van der Waals surface area contributed by atoms with Crippen LogP contribution in [0.1, 0.15) is 33.1 Å². The summed E-state index contributed by atoms with van der Waals surface area (Å²) in [6.07, 6.45) is 0.760. The molecule has 1 N–H and O–H groups in total. The van der Waals surface area contributed by atoms with E-state index in [4.69, 9.17) is 14.6 Å². The molecule has 2 unspecified atom stereocenters. The lowest BCUT2D eigenvalue weighted by Gasteiger charge is -2.30. The van der Waals surface area contributed by atoms with E-state index in [1.165, 1.54) is 0 Å². The Labute approximate surface area is 112 Å². The van der Waals surface area contributed by atoms with Crippen molar-refractivity contribution in [2.75, 3.05) is 13.2 Å². The maximum absolute atomic E-state index is 11.7. The van der Waals surface area contributed by atoms with Crippen LogP contribution >= 0.6 is 0 Å². The predicted molar refractivity (Wildman–Crippen MR) is 65.2 cm³/mol. The smallest absolute Gasteiger partial charge is 0.308 e. The molecule has 0 bridgehead atoms. The molecule has 0 heterocycles. The molecule has 1 aliphatic carbocycles. The number of hydrogen-bond donors (Lipinski definition) is 1. The summed E-state index contributed by atoms with van der Waals surface area (Å²) < 4.78 is 9.83. The Morgan fingerprint density at radius 3 is 1.58 bits per heavy atom. The Morgan fingerprint density at radius 2 is 1.26 bits per heavy atom. The zero-order valence-electron chi connectivity index (χ0n) is 11.3.